The van der Waals surface area contributed by atoms with Gasteiger partial charge in [-0.1, -0.05) is 0 Å². The molecule has 0 saturated carbocycles. The van der Waals surface area contributed by atoms with Gasteiger partial charge in [0.2, 0.25) is 0 Å². The van der Waals surface area contributed by atoms with E-state index in [0.29, 0.717) is 0 Å². The molecule has 2 nitrogen and oxygen atoms in total. The molecule has 0 unspecified atom stereocenters. The maximum atomic E-state index is 8.59. The summed E-state index contributed by atoms with van der Waals surface area (Å²) in [5.41, 5.74) is 0. The van der Waals surface area contributed by atoms with Crippen molar-refractivity contribution in [3.05, 3.63) is 17.5 Å². The van der Waals surface area contributed by atoms with Crippen molar-refractivity contribution in [3.8, 4) is 0 Å². The lowest BCUT2D eigenvalue weighted by Crippen LogP contribution is -2.17. The molecule has 0 saturated heterocycles. The smallest absolute Gasteiger partial charge is 0.0905 e. The molecule has 0 bridgehead atoms. The zero-order chi connectivity index (χ0) is 8.10. The summed E-state index contributed by atoms with van der Waals surface area (Å²) < 4.78 is 0. The molecule has 11 heavy (non-hydrogen) atoms. The Labute approximate surface area is 71.1 Å². The molecule has 1 aromatic heterocycles. The number of aliphatic hydroxyl groups is 1. The van der Waals surface area contributed by atoms with E-state index in [-0.39, 0.29) is 6.61 Å². The molecule has 1 N–H and O–H groups in total. The van der Waals surface area contributed by atoms with Gasteiger partial charge in [0.15, 0.2) is 0 Å². The van der Waals surface area contributed by atoms with E-state index in [1.54, 1.807) is 11.3 Å². The van der Waals surface area contributed by atoms with Gasteiger partial charge in [-0.2, -0.15) is 0 Å². The zero-order valence-electron chi connectivity index (χ0n) is 6.66. The Balaban J connectivity index is 2.36. The van der Waals surface area contributed by atoms with E-state index < -0.39 is 0 Å². The van der Waals surface area contributed by atoms with Gasteiger partial charge < -0.3 is 10.0 Å². The predicted octanol–water partition coefficient (Wildman–Crippen LogP) is 1.57. The lowest BCUT2D eigenvalue weighted by atomic mass is 10.4. The van der Waals surface area contributed by atoms with Gasteiger partial charge in [-0.05, 0) is 23.9 Å². The van der Waals surface area contributed by atoms with Crippen molar-refractivity contribution in [1.82, 2.24) is 0 Å². The van der Waals surface area contributed by atoms with Crippen molar-refractivity contribution in [2.45, 2.75) is 6.42 Å². The molecule has 0 amide bonds. The van der Waals surface area contributed by atoms with E-state index in [2.05, 4.69) is 16.3 Å². The lowest BCUT2D eigenvalue weighted by molar-refractivity contribution is 0.290. The largest absolute Gasteiger partial charge is 0.396 e. The summed E-state index contributed by atoms with van der Waals surface area (Å²) >= 11 is 1.73. The normalized spacial score (nSPS) is 10.0. The fourth-order valence-corrected chi connectivity index (χ4v) is 1.63. The Morgan fingerprint density at radius 3 is 3.00 bits per heavy atom. The maximum absolute atomic E-state index is 8.59. The molecule has 62 valence electrons. The highest BCUT2D eigenvalue weighted by Gasteiger charge is 1.98. The van der Waals surface area contributed by atoms with Crippen molar-refractivity contribution >= 4 is 16.3 Å². The zero-order valence-corrected chi connectivity index (χ0v) is 7.47. The average Bonchev–Trinajstić information content (AvgIpc) is 2.52. The molecule has 0 aliphatic carbocycles. The number of thiophene rings is 1. The third kappa shape index (κ3) is 2.52. The first kappa shape index (κ1) is 8.56. The number of nitrogens with zero attached hydrogens (tertiary/aromatic N) is 1. The second-order valence-electron chi connectivity index (χ2n) is 2.45. The molecule has 0 aliphatic rings. The molecule has 1 aromatic rings. The molecule has 0 atom stereocenters. The van der Waals surface area contributed by atoms with Crippen LogP contribution in [0.2, 0.25) is 0 Å². The molecular weight excluding hydrogens is 158 g/mol. The molecule has 0 aliphatic heterocycles. The van der Waals surface area contributed by atoms with Crippen LogP contribution in [0.15, 0.2) is 17.5 Å². The summed E-state index contributed by atoms with van der Waals surface area (Å²) in [4.78, 5) is 2.15. The molecule has 0 aromatic carbocycles. The quantitative estimate of drug-likeness (QED) is 0.743. The first-order chi connectivity index (χ1) is 5.34. The molecule has 0 radical (unpaired) electrons. The Kier molecular flexibility index (Phi) is 3.39. The minimum atomic E-state index is 0.274. The third-order valence-electron chi connectivity index (χ3n) is 1.53. The topological polar surface area (TPSA) is 23.5 Å². The van der Waals surface area contributed by atoms with Gasteiger partial charge in [-0.15, -0.1) is 11.3 Å². The van der Waals surface area contributed by atoms with Crippen LogP contribution in [0.4, 0.5) is 5.00 Å². The summed E-state index contributed by atoms with van der Waals surface area (Å²) in [6.07, 6.45) is 0.842. The highest BCUT2D eigenvalue weighted by atomic mass is 32.1. The van der Waals surface area contributed by atoms with E-state index in [1.807, 2.05) is 13.1 Å². The summed E-state index contributed by atoms with van der Waals surface area (Å²) in [5, 5.41) is 11.9. The Morgan fingerprint density at radius 1 is 1.64 bits per heavy atom. The van der Waals surface area contributed by atoms with Gasteiger partial charge in [0.05, 0.1) is 5.00 Å². The van der Waals surface area contributed by atoms with Gasteiger partial charge in [-0.25, -0.2) is 0 Å². The lowest BCUT2D eigenvalue weighted by Gasteiger charge is -2.15. The molecule has 0 spiro atoms. The summed E-state index contributed by atoms with van der Waals surface area (Å²) in [6, 6.07) is 4.12. The average molecular weight is 171 g/mol. The fourth-order valence-electron chi connectivity index (χ4n) is 0.905. The van der Waals surface area contributed by atoms with E-state index in [4.69, 9.17) is 5.11 Å². The second kappa shape index (κ2) is 4.36. The minimum absolute atomic E-state index is 0.274. The molecule has 1 heterocycles. The van der Waals surface area contributed by atoms with Gasteiger partial charge in [0.1, 0.15) is 0 Å². The number of aliphatic hydroxyl groups excluding tert-OH is 1. The van der Waals surface area contributed by atoms with E-state index in [1.165, 1.54) is 5.00 Å². The SMILES string of the molecule is CN(CCCO)c1cccs1. The van der Waals surface area contributed by atoms with Gasteiger partial charge in [0.25, 0.3) is 0 Å². The Bertz CT molecular complexity index is 186. The Hall–Kier alpha value is -0.540. The van der Waals surface area contributed by atoms with Gasteiger partial charge >= 0.3 is 0 Å². The predicted molar refractivity (Wildman–Crippen MR) is 49.3 cm³/mol. The van der Waals surface area contributed by atoms with Crippen LogP contribution in [-0.4, -0.2) is 25.3 Å². The highest BCUT2D eigenvalue weighted by Crippen LogP contribution is 2.19. The van der Waals surface area contributed by atoms with Crippen molar-refractivity contribution in [2.24, 2.45) is 0 Å². The molecule has 0 fully saturated rings. The van der Waals surface area contributed by atoms with Crippen LogP contribution in [-0.2, 0) is 0 Å². The van der Waals surface area contributed by atoms with Crippen LogP contribution in [0.1, 0.15) is 6.42 Å². The van der Waals surface area contributed by atoms with Crippen LogP contribution >= 0.6 is 11.3 Å². The number of hydrogen-bond acceptors (Lipinski definition) is 3. The Morgan fingerprint density at radius 2 is 2.45 bits per heavy atom. The highest BCUT2D eigenvalue weighted by molar-refractivity contribution is 7.14. The van der Waals surface area contributed by atoms with Crippen LogP contribution in [0.25, 0.3) is 0 Å². The van der Waals surface area contributed by atoms with Crippen LogP contribution in [0.3, 0.4) is 0 Å². The monoisotopic (exact) mass is 171 g/mol. The van der Waals surface area contributed by atoms with Crippen LogP contribution in [0, 0.1) is 0 Å². The molecule has 3 heteroatoms. The van der Waals surface area contributed by atoms with Crippen LogP contribution in [0.5, 0.6) is 0 Å². The summed E-state index contributed by atoms with van der Waals surface area (Å²) in [5.74, 6) is 0. The van der Waals surface area contributed by atoms with Gasteiger partial charge in [-0.3, -0.25) is 0 Å². The maximum Gasteiger partial charge on any atom is 0.0905 e. The van der Waals surface area contributed by atoms with Crippen molar-refractivity contribution in [2.75, 3.05) is 25.1 Å². The third-order valence-corrected chi connectivity index (χ3v) is 2.52. The first-order valence-corrected chi connectivity index (χ1v) is 4.58. The van der Waals surface area contributed by atoms with Crippen molar-refractivity contribution in [1.29, 1.82) is 0 Å². The van der Waals surface area contributed by atoms with Crippen molar-refractivity contribution in [3.63, 3.8) is 0 Å². The molecule has 1 rings (SSSR count). The number of hydrogen-bond donors (Lipinski definition) is 1. The van der Waals surface area contributed by atoms with E-state index >= 15 is 0 Å². The fraction of sp³-hybridized carbons (Fsp3) is 0.500. The van der Waals surface area contributed by atoms with Crippen LogP contribution < -0.4 is 4.90 Å². The van der Waals surface area contributed by atoms with E-state index in [9.17, 15) is 0 Å². The van der Waals surface area contributed by atoms with E-state index in [0.717, 1.165) is 13.0 Å². The minimum Gasteiger partial charge on any atom is -0.396 e. The summed E-state index contributed by atoms with van der Waals surface area (Å²) in [6.45, 7) is 1.20. The number of anilines is 1. The second-order valence-corrected chi connectivity index (χ2v) is 3.38. The molecular formula is C8H13NOS. The standard InChI is InChI=1S/C8H13NOS/c1-9(5-3-6-10)8-4-2-7-11-8/h2,4,7,10H,3,5-6H2,1H3. The van der Waals surface area contributed by atoms with Gasteiger partial charge in [0, 0.05) is 20.2 Å². The number of rotatable bonds is 4. The summed E-state index contributed by atoms with van der Waals surface area (Å²) in [7, 11) is 2.04. The first-order valence-electron chi connectivity index (χ1n) is 3.70. The van der Waals surface area contributed by atoms with Crippen molar-refractivity contribution < 1.29 is 5.11 Å².